The highest BCUT2D eigenvalue weighted by molar-refractivity contribution is 4.96. The minimum Gasteiger partial charge on any atom is -0.379 e. The second-order valence-electron chi connectivity index (χ2n) is 1.91. The van der Waals surface area contributed by atoms with Gasteiger partial charge in [0.1, 0.15) is 6.23 Å². The van der Waals surface area contributed by atoms with Crippen LogP contribution in [-0.2, 0) is 0 Å². The first kappa shape index (κ1) is 7.66. The fourth-order valence-corrected chi connectivity index (χ4v) is 0.448. The third-order valence-electron chi connectivity index (χ3n) is 1.02. The lowest BCUT2D eigenvalue weighted by molar-refractivity contribution is 0.182. The highest BCUT2D eigenvalue weighted by Gasteiger charge is 1.93. The summed E-state index contributed by atoms with van der Waals surface area (Å²) in [5.74, 6) is 0. The molecule has 0 amide bonds. The average Bonchev–Trinajstić information content (AvgIpc) is 1.65. The predicted octanol–water partition coefficient (Wildman–Crippen LogP) is 0.620. The molecule has 0 saturated heterocycles. The van der Waals surface area contributed by atoms with Crippen LogP contribution in [0.25, 0.3) is 0 Å². The lowest BCUT2D eigenvalue weighted by Gasteiger charge is -2.01. The summed E-state index contributed by atoms with van der Waals surface area (Å²) >= 11 is 0. The molecule has 0 aliphatic heterocycles. The molecule has 48 valence electrons. The van der Waals surface area contributed by atoms with Crippen LogP contribution in [0.4, 0.5) is 0 Å². The number of allylic oxidation sites excluding steroid dienone is 1. The van der Waals surface area contributed by atoms with Gasteiger partial charge in [0, 0.05) is 6.42 Å². The number of nitrogens with two attached hydrogens (primary N) is 1. The van der Waals surface area contributed by atoms with Gasteiger partial charge in [0.05, 0.1) is 0 Å². The number of aliphatic hydroxyl groups is 1. The molecule has 3 N–H and O–H groups in total. The Hall–Kier alpha value is -0.340. The van der Waals surface area contributed by atoms with Crippen molar-refractivity contribution in [3.63, 3.8) is 0 Å². The molecule has 2 heteroatoms. The largest absolute Gasteiger partial charge is 0.379 e. The number of rotatable bonds is 2. The van der Waals surface area contributed by atoms with Gasteiger partial charge in [-0.25, -0.2) is 0 Å². The Morgan fingerprint density at radius 2 is 2.38 bits per heavy atom. The fourth-order valence-electron chi connectivity index (χ4n) is 0.448. The van der Waals surface area contributed by atoms with E-state index in [9.17, 15) is 0 Å². The molecule has 1 unspecified atom stereocenters. The van der Waals surface area contributed by atoms with E-state index in [2.05, 4.69) is 0 Å². The Kier molecular flexibility index (Phi) is 3.48. The van der Waals surface area contributed by atoms with E-state index in [1.807, 2.05) is 19.9 Å². The molecular weight excluding hydrogens is 102 g/mol. The van der Waals surface area contributed by atoms with Crippen LogP contribution >= 0.6 is 0 Å². The Balaban J connectivity index is 3.39. The minimum absolute atomic E-state index is 0.580. The third kappa shape index (κ3) is 3.84. The van der Waals surface area contributed by atoms with Crippen molar-refractivity contribution >= 4 is 0 Å². The standard InChI is InChI=1S/C6H13NO/c1-3-5(2)4-6(7)8/h3,6,8H,4,7H2,1-2H3/b5-3-. The van der Waals surface area contributed by atoms with Crippen molar-refractivity contribution in [1.82, 2.24) is 0 Å². The van der Waals surface area contributed by atoms with Crippen LogP contribution in [0.5, 0.6) is 0 Å². The topological polar surface area (TPSA) is 46.2 Å². The van der Waals surface area contributed by atoms with Crippen molar-refractivity contribution in [2.45, 2.75) is 26.5 Å². The van der Waals surface area contributed by atoms with Crippen LogP contribution in [-0.4, -0.2) is 11.3 Å². The molecule has 0 fully saturated rings. The molecule has 0 spiro atoms. The summed E-state index contributed by atoms with van der Waals surface area (Å²) in [7, 11) is 0. The summed E-state index contributed by atoms with van der Waals surface area (Å²) in [6.07, 6.45) is 1.83. The van der Waals surface area contributed by atoms with Crippen LogP contribution in [0, 0.1) is 0 Å². The predicted molar refractivity (Wildman–Crippen MR) is 34.2 cm³/mol. The summed E-state index contributed by atoms with van der Waals surface area (Å²) < 4.78 is 0. The second-order valence-corrected chi connectivity index (χ2v) is 1.91. The molecular formula is C6H13NO. The van der Waals surface area contributed by atoms with Gasteiger partial charge in [0.15, 0.2) is 0 Å². The van der Waals surface area contributed by atoms with E-state index in [0.29, 0.717) is 6.42 Å². The van der Waals surface area contributed by atoms with Crippen molar-refractivity contribution in [2.75, 3.05) is 0 Å². The maximum atomic E-state index is 8.59. The average molecular weight is 115 g/mol. The van der Waals surface area contributed by atoms with Gasteiger partial charge in [0.25, 0.3) is 0 Å². The lowest BCUT2D eigenvalue weighted by Crippen LogP contribution is -2.18. The zero-order valence-electron chi connectivity index (χ0n) is 5.39. The fraction of sp³-hybridized carbons (Fsp3) is 0.667. The number of hydrogen-bond donors (Lipinski definition) is 2. The molecule has 0 aromatic carbocycles. The summed E-state index contributed by atoms with van der Waals surface area (Å²) in [5, 5.41) is 8.59. The van der Waals surface area contributed by atoms with Gasteiger partial charge in [-0.2, -0.15) is 0 Å². The molecule has 0 aliphatic rings. The van der Waals surface area contributed by atoms with E-state index < -0.39 is 6.23 Å². The molecule has 0 aromatic heterocycles. The van der Waals surface area contributed by atoms with Crippen LogP contribution in [0.3, 0.4) is 0 Å². The maximum absolute atomic E-state index is 8.59. The molecule has 2 nitrogen and oxygen atoms in total. The van der Waals surface area contributed by atoms with E-state index in [0.717, 1.165) is 5.57 Å². The first-order chi connectivity index (χ1) is 3.66. The normalized spacial score (nSPS) is 16.2. The molecule has 0 bridgehead atoms. The monoisotopic (exact) mass is 115 g/mol. The molecule has 0 saturated carbocycles. The molecule has 0 aromatic rings. The molecule has 0 aliphatic carbocycles. The molecule has 1 atom stereocenters. The Labute approximate surface area is 50.0 Å². The maximum Gasteiger partial charge on any atom is 0.106 e. The Morgan fingerprint density at radius 3 is 2.50 bits per heavy atom. The van der Waals surface area contributed by atoms with Gasteiger partial charge in [-0.1, -0.05) is 11.6 Å². The SMILES string of the molecule is C/C=C(/C)CC(N)O. The minimum atomic E-state index is -0.689. The van der Waals surface area contributed by atoms with Gasteiger partial charge in [-0.05, 0) is 13.8 Å². The van der Waals surface area contributed by atoms with Crippen molar-refractivity contribution in [1.29, 1.82) is 0 Å². The van der Waals surface area contributed by atoms with Gasteiger partial charge in [0.2, 0.25) is 0 Å². The zero-order valence-corrected chi connectivity index (χ0v) is 5.39. The van der Waals surface area contributed by atoms with E-state index in [1.54, 1.807) is 0 Å². The highest BCUT2D eigenvalue weighted by Crippen LogP contribution is 1.98. The summed E-state index contributed by atoms with van der Waals surface area (Å²) in [6.45, 7) is 3.87. The van der Waals surface area contributed by atoms with E-state index in [4.69, 9.17) is 10.8 Å². The van der Waals surface area contributed by atoms with Gasteiger partial charge in [-0.3, -0.25) is 0 Å². The van der Waals surface area contributed by atoms with Gasteiger partial charge >= 0.3 is 0 Å². The lowest BCUT2D eigenvalue weighted by atomic mass is 10.2. The zero-order chi connectivity index (χ0) is 6.57. The summed E-state index contributed by atoms with van der Waals surface area (Å²) in [5.41, 5.74) is 6.21. The van der Waals surface area contributed by atoms with Crippen molar-refractivity contribution < 1.29 is 5.11 Å². The van der Waals surface area contributed by atoms with Gasteiger partial charge < -0.3 is 10.8 Å². The number of hydrogen-bond acceptors (Lipinski definition) is 2. The summed E-state index contributed by atoms with van der Waals surface area (Å²) in [6, 6.07) is 0. The van der Waals surface area contributed by atoms with E-state index in [1.165, 1.54) is 0 Å². The van der Waals surface area contributed by atoms with Crippen LogP contribution in [0.15, 0.2) is 11.6 Å². The molecule has 0 heterocycles. The van der Waals surface area contributed by atoms with E-state index in [-0.39, 0.29) is 0 Å². The van der Waals surface area contributed by atoms with E-state index >= 15 is 0 Å². The highest BCUT2D eigenvalue weighted by atomic mass is 16.3. The van der Waals surface area contributed by atoms with Crippen molar-refractivity contribution in [2.24, 2.45) is 5.73 Å². The summed E-state index contributed by atoms with van der Waals surface area (Å²) in [4.78, 5) is 0. The molecule has 0 rings (SSSR count). The number of aliphatic hydroxyl groups excluding tert-OH is 1. The van der Waals surface area contributed by atoms with Crippen LogP contribution in [0.2, 0.25) is 0 Å². The first-order valence-corrected chi connectivity index (χ1v) is 2.72. The molecule has 0 radical (unpaired) electrons. The van der Waals surface area contributed by atoms with Gasteiger partial charge in [-0.15, -0.1) is 0 Å². The van der Waals surface area contributed by atoms with Crippen molar-refractivity contribution in [3.05, 3.63) is 11.6 Å². The van der Waals surface area contributed by atoms with Crippen molar-refractivity contribution in [3.8, 4) is 0 Å². The molecule has 8 heavy (non-hydrogen) atoms. The first-order valence-electron chi connectivity index (χ1n) is 2.72. The Morgan fingerprint density at radius 1 is 1.88 bits per heavy atom. The van der Waals surface area contributed by atoms with Crippen LogP contribution < -0.4 is 5.73 Å². The Bertz CT molecular complexity index is 86.5. The van der Waals surface area contributed by atoms with Crippen LogP contribution in [0.1, 0.15) is 20.3 Å². The quantitative estimate of drug-likeness (QED) is 0.409. The third-order valence-corrected chi connectivity index (χ3v) is 1.02. The second kappa shape index (κ2) is 3.64. The smallest absolute Gasteiger partial charge is 0.106 e.